The van der Waals surface area contributed by atoms with Crippen LogP contribution in [0.25, 0.3) is 11.1 Å². The number of hydrogen-bond donors (Lipinski definition) is 1. The van der Waals surface area contributed by atoms with Crippen LogP contribution >= 0.6 is 15.9 Å². The van der Waals surface area contributed by atoms with Crippen LogP contribution in [0.3, 0.4) is 0 Å². The molecule has 3 rings (SSSR count). The summed E-state index contributed by atoms with van der Waals surface area (Å²) >= 11 is 3.27. The van der Waals surface area contributed by atoms with Gasteiger partial charge in [-0.1, -0.05) is 0 Å². The fourth-order valence-corrected chi connectivity index (χ4v) is 1.92. The van der Waals surface area contributed by atoms with Gasteiger partial charge < -0.3 is 9.73 Å². The Balaban J connectivity index is 1.97. The Morgan fingerprint density at radius 2 is 2.05 bits per heavy atom. The predicted octanol–water partition coefficient (Wildman–Crippen LogP) is 2.43. The minimum atomic E-state index is -0.382. The van der Waals surface area contributed by atoms with Crippen molar-refractivity contribution in [3.63, 3.8) is 0 Å². The van der Waals surface area contributed by atoms with E-state index in [1.54, 1.807) is 31.6 Å². The molecule has 0 fully saturated rings. The molecule has 19 heavy (non-hydrogen) atoms. The molecule has 0 spiro atoms. The molecule has 1 aromatic carbocycles. The van der Waals surface area contributed by atoms with E-state index in [4.69, 9.17) is 4.42 Å². The largest absolute Gasteiger partial charge is 0.419 e. The molecule has 6 nitrogen and oxygen atoms in total. The molecule has 0 radical (unpaired) electrons. The minimum Gasteiger partial charge on any atom is -0.408 e. The van der Waals surface area contributed by atoms with Gasteiger partial charge in [-0.25, -0.2) is 14.8 Å². The van der Waals surface area contributed by atoms with Crippen molar-refractivity contribution in [1.82, 2.24) is 14.5 Å². The van der Waals surface area contributed by atoms with E-state index in [0.29, 0.717) is 11.5 Å². The Bertz CT molecular complexity index is 792. The lowest BCUT2D eigenvalue weighted by atomic mass is 10.3. The zero-order chi connectivity index (χ0) is 13.4. The smallest absolute Gasteiger partial charge is 0.408 e. The maximum atomic E-state index is 11.4. The van der Waals surface area contributed by atoms with Crippen molar-refractivity contribution in [2.45, 2.75) is 0 Å². The SMILES string of the molecule is Cn1c(=O)oc2cc(Nc3ncc(Br)cn3)ccc21. The molecule has 96 valence electrons. The van der Waals surface area contributed by atoms with E-state index in [9.17, 15) is 4.79 Å². The van der Waals surface area contributed by atoms with Crippen molar-refractivity contribution in [3.8, 4) is 0 Å². The zero-order valence-corrected chi connectivity index (χ0v) is 11.5. The van der Waals surface area contributed by atoms with E-state index >= 15 is 0 Å². The van der Waals surface area contributed by atoms with Crippen LogP contribution in [0.4, 0.5) is 11.6 Å². The summed E-state index contributed by atoms with van der Waals surface area (Å²) in [5.74, 6) is 0.0906. The average Bonchev–Trinajstić information content (AvgIpc) is 2.68. The first-order chi connectivity index (χ1) is 9.13. The summed E-state index contributed by atoms with van der Waals surface area (Å²) in [5, 5.41) is 3.04. The van der Waals surface area contributed by atoms with Gasteiger partial charge in [-0.05, 0) is 28.1 Å². The number of nitrogens with one attached hydrogen (secondary N) is 1. The van der Waals surface area contributed by atoms with E-state index in [-0.39, 0.29) is 5.76 Å². The van der Waals surface area contributed by atoms with Gasteiger partial charge in [-0.2, -0.15) is 0 Å². The van der Waals surface area contributed by atoms with Crippen molar-refractivity contribution in [1.29, 1.82) is 0 Å². The number of anilines is 2. The number of fused-ring (bicyclic) bond motifs is 1. The van der Waals surface area contributed by atoms with Crippen molar-refractivity contribution in [2.24, 2.45) is 7.05 Å². The topological polar surface area (TPSA) is 73.0 Å². The highest BCUT2D eigenvalue weighted by atomic mass is 79.9. The molecular formula is C12H9BrN4O2. The fraction of sp³-hybridized carbons (Fsp3) is 0.0833. The van der Waals surface area contributed by atoms with Crippen LogP contribution < -0.4 is 11.1 Å². The molecule has 0 unspecified atom stereocenters. The molecular weight excluding hydrogens is 312 g/mol. The van der Waals surface area contributed by atoms with E-state index in [0.717, 1.165) is 15.7 Å². The van der Waals surface area contributed by atoms with Crippen LogP contribution in [0.5, 0.6) is 0 Å². The van der Waals surface area contributed by atoms with Crippen LogP contribution in [0.15, 0.2) is 44.3 Å². The second-order valence-corrected chi connectivity index (χ2v) is 4.88. The highest BCUT2D eigenvalue weighted by Crippen LogP contribution is 2.20. The Hall–Kier alpha value is -2.15. The summed E-state index contributed by atoms with van der Waals surface area (Å²) in [7, 11) is 1.67. The highest BCUT2D eigenvalue weighted by molar-refractivity contribution is 9.10. The lowest BCUT2D eigenvalue weighted by Gasteiger charge is -2.03. The van der Waals surface area contributed by atoms with Gasteiger partial charge in [0.25, 0.3) is 0 Å². The Morgan fingerprint density at radius 3 is 2.79 bits per heavy atom. The molecule has 2 heterocycles. The maximum absolute atomic E-state index is 11.4. The van der Waals surface area contributed by atoms with Gasteiger partial charge >= 0.3 is 5.76 Å². The first kappa shape index (κ1) is 11.9. The monoisotopic (exact) mass is 320 g/mol. The lowest BCUT2D eigenvalue weighted by molar-refractivity contribution is 0.528. The number of aryl methyl sites for hydroxylation is 1. The molecule has 3 aromatic rings. The minimum absolute atomic E-state index is 0.382. The number of halogens is 1. The van der Waals surface area contributed by atoms with Gasteiger partial charge in [0.05, 0.1) is 9.99 Å². The van der Waals surface area contributed by atoms with Crippen LogP contribution in [0.2, 0.25) is 0 Å². The van der Waals surface area contributed by atoms with Gasteiger partial charge in [0, 0.05) is 31.2 Å². The standard InChI is InChI=1S/C12H9BrN4O2/c1-17-9-3-2-8(4-10(9)19-12(17)18)16-11-14-5-7(13)6-15-11/h2-6H,1H3,(H,14,15,16). The van der Waals surface area contributed by atoms with E-state index in [1.165, 1.54) is 4.57 Å². The molecule has 7 heteroatoms. The molecule has 0 aliphatic heterocycles. The molecule has 0 saturated heterocycles. The quantitative estimate of drug-likeness (QED) is 0.785. The number of nitrogens with zero attached hydrogens (tertiary/aromatic N) is 3. The molecule has 2 aromatic heterocycles. The number of oxazole rings is 1. The third-order valence-corrected chi connectivity index (χ3v) is 3.08. The summed E-state index contributed by atoms with van der Waals surface area (Å²) in [5.41, 5.74) is 2.02. The molecule has 1 N–H and O–H groups in total. The molecule has 0 aliphatic rings. The van der Waals surface area contributed by atoms with Crippen LogP contribution in [0.1, 0.15) is 0 Å². The highest BCUT2D eigenvalue weighted by Gasteiger charge is 2.06. The third kappa shape index (κ3) is 2.24. The zero-order valence-electron chi connectivity index (χ0n) is 9.92. The second-order valence-electron chi connectivity index (χ2n) is 3.96. The van der Waals surface area contributed by atoms with Crippen molar-refractivity contribution in [2.75, 3.05) is 5.32 Å². The van der Waals surface area contributed by atoms with Crippen LogP contribution in [-0.4, -0.2) is 14.5 Å². The summed E-state index contributed by atoms with van der Waals surface area (Å²) in [6.45, 7) is 0. The number of aromatic nitrogens is 3. The molecule has 0 saturated carbocycles. The van der Waals surface area contributed by atoms with Crippen molar-refractivity contribution < 1.29 is 4.42 Å². The second kappa shape index (κ2) is 4.51. The Labute approximate surface area is 116 Å². The third-order valence-electron chi connectivity index (χ3n) is 2.67. The van der Waals surface area contributed by atoms with Crippen LogP contribution in [0, 0.1) is 0 Å². The van der Waals surface area contributed by atoms with E-state index < -0.39 is 0 Å². The summed E-state index contributed by atoms with van der Waals surface area (Å²) in [6.07, 6.45) is 3.30. The van der Waals surface area contributed by atoms with E-state index in [1.807, 2.05) is 6.07 Å². The first-order valence-electron chi connectivity index (χ1n) is 5.47. The summed E-state index contributed by atoms with van der Waals surface area (Å²) in [4.78, 5) is 19.6. The van der Waals surface area contributed by atoms with Gasteiger partial charge in [0.1, 0.15) is 0 Å². The molecule has 0 amide bonds. The first-order valence-corrected chi connectivity index (χ1v) is 6.27. The lowest BCUT2D eigenvalue weighted by Crippen LogP contribution is -2.08. The van der Waals surface area contributed by atoms with E-state index in [2.05, 4.69) is 31.2 Å². The van der Waals surface area contributed by atoms with Gasteiger partial charge in [-0.15, -0.1) is 0 Å². The van der Waals surface area contributed by atoms with Gasteiger partial charge in [0.15, 0.2) is 5.58 Å². The van der Waals surface area contributed by atoms with Gasteiger partial charge in [0.2, 0.25) is 5.95 Å². The summed E-state index contributed by atoms with van der Waals surface area (Å²) in [6, 6.07) is 5.38. The van der Waals surface area contributed by atoms with Crippen molar-refractivity contribution >= 4 is 38.7 Å². The molecule has 0 atom stereocenters. The van der Waals surface area contributed by atoms with Gasteiger partial charge in [-0.3, -0.25) is 4.57 Å². The van der Waals surface area contributed by atoms with Crippen molar-refractivity contribution in [3.05, 3.63) is 45.6 Å². The number of rotatable bonds is 2. The fourth-order valence-electron chi connectivity index (χ4n) is 1.72. The Morgan fingerprint density at radius 1 is 1.32 bits per heavy atom. The normalized spacial score (nSPS) is 10.8. The predicted molar refractivity (Wildman–Crippen MR) is 74.5 cm³/mol. The maximum Gasteiger partial charge on any atom is 0.419 e. The average molecular weight is 321 g/mol. The van der Waals surface area contributed by atoms with Crippen LogP contribution in [-0.2, 0) is 7.05 Å². The Kier molecular flexibility index (Phi) is 2.83. The molecule has 0 aliphatic carbocycles. The molecule has 0 bridgehead atoms. The number of benzene rings is 1. The number of hydrogen-bond acceptors (Lipinski definition) is 5. The summed E-state index contributed by atoms with van der Waals surface area (Å²) < 4.78 is 7.38.